The Labute approximate surface area is 204 Å². The minimum absolute atomic E-state index is 0.00366. The third-order valence-corrected chi connectivity index (χ3v) is 7.00. The SMILES string of the molecule is COc1ccc(C=CC(=O)OCc2nc3ccccc3c3ccccc23)cc1S(=O)(=O)NC(C)C. The molecule has 8 heteroatoms. The van der Waals surface area contributed by atoms with E-state index in [4.69, 9.17) is 9.47 Å². The molecule has 4 aromatic rings. The molecule has 0 saturated carbocycles. The molecule has 1 aromatic heterocycles. The highest BCUT2D eigenvalue weighted by molar-refractivity contribution is 7.89. The molecule has 0 spiro atoms. The fourth-order valence-corrected chi connectivity index (χ4v) is 5.27. The molecule has 1 N–H and O–H groups in total. The van der Waals surface area contributed by atoms with Gasteiger partial charge in [0.05, 0.1) is 18.3 Å². The summed E-state index contributed by atoms with van der Waals surface area (Å²) in [5.74, 6) is -0.350. The number of rotatable bonds is 8. The van der Waals surface area contributed by atoms with Gasteiger partial charge in [0.15, 0.2) is 0 Å². The first kappa shape index (κ1) is 24.4. The fraction of sp³-hybridized carbons (Fsp3) is 0.185. The molecule has 0 bridgehead atoms. The second-order valence-electron chi connectivity index (χ2n) is 8.25. The van der Waals surface area contributed by atoms with Crippen LogP contribution in [0.5, 0.6) is 5.75 Å². The van der Waals surface area contributed by atoms with E-state index in [1.54, 1.807) is 26.0 Å². The number of carbonyl (C=O) groups excluding carboxylic acids is 1. The van der Waals surface area contributed by atoms with E-state index in [0.29, 0.717) is 11.3 Å². The summed E-state index contributed by atoms with van der Waals surface area (Å²) >= 11 is 0. The number of methoxy groups -OCH3 is 1. The van der Waals surface area contributed by atoms with Crippen LogP contribution in [0.2, 0.25) is 0 Å². The van der Waals surface area contributed by atoms with Gasteiger partial charge in [0.2, 0.25) is 10.0 Å². The molecular formula is C27H26N2O5S. The largest absolute Gasteiger partial charge is 0.495 e. The van der Waals surface area contributed by atoms with Crippen molar-refractivity contribution < 1.29 is 22.7 Å². The predicted octanol–water partition coefficient (Wildman–Crippen LogP) is 4.84. The minimum atomic E-state index is -3.78. The summed E-state index contributed by atoms with van der Waals surface area (Å²) in [4.78, 5) is 17.1. The average Bonchev–Trinajstić information content (AvgIpc) is 2.85. The molecule has 0 atom stereocenters. The van der Waals surface area contributed by atoms with Crippen molar-refractivity contribution in [2.45, 2.75) is 31.4 Å². The van der Waals surface area contributed by atoms with Gasteiger partial charge < -0.3 is 9.47 Å². The van der Waals surface area contributed by atoms with E-state index in [1.807, 2.05) is 48.5 Å². The first-order valence-electron chi connectivity index (χ1n) is 11.1. The minimum Gasteiger partial charge on any atom is -0.495 e. The highest BCUT2D eigenvalue weighted by atomic mass is 32.2. The van der Waals surface area contributed by atoms with Crippen molar-refractivity contribution in [3.8, 4) is 5.75 Å². The summed E-state index contributed by atoms with van der Waals surface area (Å²) in [6.07, 6.45) is 2.76. The van der Waals surface area contributed by atoms with Crippen LogP contribution in [0.15, 0.2) is 77.7 Å². The van der Waals surface area contributed by atoms with Crippen molar-refractivity contribution in [2.75, 3.05) is 7.11 Å². The van der Waals surface area contributed by atoms with E-state index in [2.05, 4.69) is 9.71 Å². The Morgan fingerprint density at radius 1 is 1.00 bits per heavy atom. The Hall–Kier alpha value is -3.75. The maximum absolute atomic E-state index is 12.7. The molecule has 180 valence electrons. The lowest BCUT2D eigenvalue weighted by Crippen LogP contribution is -2.30. The van der Waals surface area contributed by atoms with Gasteiger partial charge in [-0.15, -0.1) is 0 Å². The van der Waals surface area contributed by atoms with E-state index >= 15 is 0 Å². The van der Waals surface area contributed by atoms with E-state index in [-0.39, 0.29) is 23.3 Å². The Kier molecular flexibility index (Phi) is 7.14. The molecular weight excluding hydrogens is 464 g/mol. The van der Waals surface area contributed by atoms with E-state index in [0.717, 1.165) is 21.7 Å². The Bertz CT molecular complexity index is 1530. The second kappa shape index (κ2) is 10.2. The van der Waals surface area contributed by atoms with Gasteiger partial charge in [-0.1, -0.05) is 48.5 Å². The van der Waals surface area contributed by atoms with Crippen molar-refractivity contribution in [1.29, 1.82) is 0 Å². The number of fused-ring (bicyclic) bond motifs is 3. The number of hydrogen-bond acceptors (Lipinski definition) is 6. The summed E-state index contributed by atoms with van der Waals surface area (Å²) in [5.41, 5.74) is 2.01. The molecule has 4 rings (SSSR count). The summed E-state index contributed by atoms with van der Waals surface area (Å²) < 4.78 is 38.5. The Morgan fingerprint density at radius 3 is 2.40 bits per heavy atom. The molecule has 3 aromatic carbocycles. The van der Waals surface area contributed by atoms with Crippen LogP contribution < -0.4 is 9.46 Å². The first-order chi connectivity index (χ1) is 16.8. The highest BCUT2D eigenvalue weighted by Crippen LogP contribution is 2.27. The van der Waals surface area contributed by atoms with Gasteiger partial charge >= 0.3 is 5.97 Å². The standard InChI is InChI=1S/C27H26N2O5S/c1-18(2)29-35(31,32)26-16-19(12-14-25(26)33-3)13-15-27(30)34-17-24-22-10-5-4-8-20(22)21-9-6-7-11-23(21)28-24/h4-16,18,29H,17H2,1-3H3. The van der Waals surface area contributed by atoms with Crippen LogP contribution in [0.1, 0.15) is 25.1 Å². The molecule has 0 saturated heterocycles. The van der Waals surface area contributed by atoms with Crippen LogP contribution >= 0.6 is 0 Å². The summed E-state index contributed by atoms with van der Waals surface area (Å²) in [6, 6.07) is 20.1. The van der Waals surface area contributed by atoms with Crippen LogP contribution in [0.25, 0.3) is 27.8 Å². The van der Waals surface area contributed by atoms with Crippen LogP contribution in [0.3, 0.4) is 0 Å². The van der Waals surface area contributed by atoms with Gasteiger partial charge in [-0.25, -0.2) is 22.9 Å². The third kappa shape index (κ3) is 5.50. The van der Waals surface area contributed by atoms with Crippen molar-refractivity contribution in [2.24, 2.45) is 0 Å². The van der Waals surface area contributed by atoms with Gasteiger partial charge in [0.1, 0.15) is 17.3 Å². The van der Waals surface area contributed by atoms with E-state index in [1.165, 1.54) is 25.3 Å². The smallest absolute Gasteiger partial charge is 0.331 e. The molecule has 0 fully saturated rings. The lowest BCUT2D eigenvalue weighted by atomic mass is 10.0. The molecule has 0 amide bonds. The molecule has 0 unspecified atom stereocenters. The molecule has 1 heterocycles. The number of benzene rings is 3. The zero-order valence-corrected chi connectivity index (χ0v) is 20.5. The van der Waals surface area contributed by atoms with Crippen LogP contribution in [0.4, 0.5) is 0 Å². The number of hydrogen-bond donors (Lipinski definition) is 1. The number of nitrogens with zero attached hydrogens (tertiary/aromatic N) is 1. The Morgan fingerprint density at radius 2 is 1.69 bits per heavy atom. The molecule has 0 aliphatic heterocycles. The zero-order valence-electron chi connectivity index (χ0n) is 19.7. The quantitative estimate of drug-likeness (QED) is 0.216. The van der Waals surface area contributed by atoms with Crippen molar-refractivity contribution in [3.63, 3.8) is 0 Å². The summed E-state index contributed by atoms with van der Waals surface area (Å²) in [6.45, 7) is 3.48. The van der Waals surface area contributed by atoms with Gasteiger partial charge in [-0.2, -0.15) is 0 Å². The van der Waals surface area contributed by atoms with Gasteiger partial charge in [0, 0.05) is 22.9 Å². The first-order valence-corrected chi connectivity index (χ1v) is 12.6. The maximum atomic E-state index is 12.7. The van der Waals surface area contributed by atoms with Crippen molar-refractivity contribution >= 4 is 43.7 Å². The summed E-state index contributed by atoms with van der Waals surface area (Å²) in [7, 11) is -2.38. The molecule has 0 aliphatic carbocycles. The number of nitrogens with one attached hydrogen (secondary N) is 1. The predicted molar refractivity (Wildman–Crippen MR) is 137 cm³/mol. The molecule has 35 heavy (non-hydrogen) atoms. The second-order valence-corrected chi connectivity index (χ2v) is 9.93. The number of sulfonamides is 1. The highest BCUT2D eigenvalue weighted by Gasteiger charge is 2.20. The maximum Gasteiger partial charge on any atom is 0.331 e. The number of esters is 1. The third-order valence-electron chi connectivity index (χ3n) is 5.32. The monoisotopic (exact) mass is 490 g/mol. The average molecular weight is 491 g/mol. The molecule has 0 aliphatic rings. The van der Waals surface area contributed by atoms with Crippen molar-refractivity contribution in [3.05, 3.63) is 84.1 Å². The number of ether oxygens (including phenoxy) is 2. The number of para-hydroxylation sites is 1. The lowest BCUT2D eigenvalue weighted by Gasteiger charge is -2.13. The van der Waals surface area contributed by atoms with Gasteiger partial charge in [-0.3, -0.25) is 0 Å². The van der Waals surface area contributed by atoms with E-state index < -0.39 is 16.0 Å². The zero-order chi connectivity index (χ0) is 25.0. The molecule has 0 radical (unpaired) electrons. The van der Waals surface area contributed by atoms with Gasteiger partial charge in [-0.05, 0) is 49.1 Å². The lowest BCUT2D eigenvalue weighted by molar-refractivity contribution is -0.138. The van der Waals surface area contributed by atoms with E-state index in [9.17, 15) is 13.2 Å². The number of pyridine rings is 1. The number of aromatic nitrogens is 1. The summed E-state index contributed by atoms with van der Waals surface area (Å²) in [5, 5.41) is 3.00. The van der Waals surface area contributed by atoms with Crippen molar-refractivity contribution in [1.82, 2.24) is 9.71 Å². The topological polar surface area (TPSA) is 94.6 Å². The van der Waals surface area contributed by atoms with Gasteiger partial charge in [0.25, 0.3) is 0 Å². The molecule has 7 nitrogen and oxygen atoms in total. The van der Waals surface area contributed by atoms with Crippen LogP contribution in [-0.4, -0.2) is 32.5 Å². The normalized spacial score (nSPS) is 12.0. The number of carbonyl (C=O) groups is 1. The van der Waals surface area contributed by atoms with Crippen LogP contribution in [-0.2, 0) is 26.2 Å². The van der Waals surface area contributed by atoms with Crippen LogP contribution in [0, 0.1) is 0 Å². The fourth-order valence-electron chi connectivity index (χ4n) is 3.82. The Balaban J connectivity index is 1.54.